The molecule has 0 spiro atoms. The summed E-state index contributed by atoms with van der Waals surface area (Å²) in [6.45, 7) is -1.32. The predicted octanol–water partition coefficient (Wildman–Crippen LogP) is 0.485. The van der Waals surface area contributed by atoms with Crippen LogP contribution >= 0.6 is 0 Å². The number of hydrogen-bond donors (Lipinski definition) is 2. The molecule has 0 heterocycles. The summed E-state index contributed by atoms with van der Waals surface area (Å²) in [5.74, 6) is -4.98. The van der Waals surface area contributed by atoms with Crippen LogP contribution in [0.25, 0.3) is 1.43 Å². The average Bonchev–Trinajstić information content (AvgIpc) is 2.03. The first-order valence-electron chi connectivity index (χ1n) is 3.29. The van der Waals surface area contributed by atoms with Crippen LogP contribution in [0, 0.1) is 0 Å². The van der Waals surface area contributed by atoms with Gasteiger partial charge in [-0.05, 0) is 0 Å². The van der Waals surface area contributed by atoms with Gasteiger partial charge in [0.2, 0.25) is 1.43 Å². The topological polar surface area (TPSA) is 74.6 Å². The number of rotatable bonds is 5. The third kappa shape index (κ3) is 2.29. The van der Waals surface area contributed by atoms with E-state index in [1.165, 1.54) is 0 Å². The van der Waals surface area contributed by atoms with Gasteiger partial charge >= 0.3 is 21.3 Å². The minimum atomic E-state index is -6.01. The van der Waals surface area contributed by atoms with Gasteiger partial charge in [0.15, 0.2) is 0 Å². The molecule has 0 aliphatic carbocycles. The summed E-state index contributed by atoms with van der Waals surface area (Å²) in [5, 5.41) is 2.47. The van der Waals surface area contributed by atoms with Gasteiger partial charge in [0, 0.05) is 13.0 Å². The van der Waals surface area contributed by atoms with Crippen LogP contribution in [-0.2, 0) is 10.1 Å². The molecule has 80 valence electrons. The van der Waals surface area contributed by atoms with Crippen molar-refractivity contribution in [3.8, 4) is 0 Å². The van der Waals surface area contributed by atoms with Crippen LogP contribution in [0.5, 0.6) is 0 Å². The van der Waals surface area contributed by atoms with E-state index >= 15 is 0 Å². The first-order valence-corrected chi connectivity index (χ1v) is 4.29. The van der Waals surface area contributed by atoms with Crippen molar-refractivity contribution in [2.24, 2.45) is 0 Å². The van der Waals surface area contributed by atoms with Crippen LogP contribution in [0.3, 0.4) is 0 Å². The number of aliphatic hydroxyl groups is 1. The summed E-state index contributed by atoms with van der Waals surface area (Å²) in [6, 6.07) is 0. The number of hydrogen-bond acceptors (Lipinski definition) is 4. The second-order valence-electron chi connectivity index (χ2n) is 2.15. The minimum absolute atomic E-state index is 1.32. The summed E-state index contributed by atoms with van der Waals surface area (Å²) in [5.41, 5.74) is 0. The average molecular weight is 228 g/mol. The first-order chi connectivity index (χ1) is 6.12. The van der Waals surface area contributed by atoms with Gasteiger partial charge in [-0.25, -0.2) is 0 Å². The summed E-state index contributed by atoms with van der Waals surface area (Å²) in [4.78, 5) is 0. The van der Waals surface area contributed by atoms with Crippen molar-refractivity contribution >= 4 is 10.1 Å². The van der Waals surface area contributed by atoms with E-state index in [-0.39, 0.29) is 0 Å². The largest absolute Gasteiger partial charge is 0.431 e. The fourth-order valence-electron chi connectivity index (χ4n) is 0.469. The highest BCUT2D eigenvalue weighted by Crippen LogP contribution is 2.40. The Morgan fingerprint density at radius 3 is 2.08 bits per heavy atom. The second-order valence-corrected chi connectivity index (χ2v) is 3.57. The Labute approximate surface area is 72.4 Å². The Balaban J connectivity index is 5.14. The van der Waals surface area contributed by atoms with Crippen molar-refractivity contribution in [2.75, 3.05) is 6.61 Å². The molecule has 13 heavy (non-hydrogen) atoms. The van der Waals surface area contributed by atoms with Crippen LogP contribution in [0.1, 0.15) is 6.42 Å². The van der Waals surface area contributed by atoms with Crippen molar-refractivity contribution in [1.82, 2.24) is 0 Å². The smallest absolute Gasteiger partial charge is 0.396 e. The highest BCUT2D eigenvalue weighted by Gasteiger charge is 2.64. The third-order valence-electron chi connectivity index (χ3n) is 1.17. The van der Waals surface area contributed by atoms with Crippen molar-refractivity contribution in [2.45, 2.75) is 17.6 Å². The number of aliphatic hydroxyl groups excluding tert-OH is 1. The van der Waals surface area contributed by atoms with E-state index in [9.17, 15) is 26.0 Å². The monoisotopic (exact) mass is 228 g/mol. The van der Waals surface area contributed by atoms with E-state index in [1.807, 2.05) is 0 Å². The van der Waals surface area contributed by atoms with Crippen LogP contribution in [0.2, 0.25) is 0 Å². The molecule has 0 aliphatic heterocycles. The molecule has 0 aliphatic rings. The van der Waals surface area contributed by atoms with Gasteiger partial charge in [-0.1, -0.05) is 0 Å². The zero-order valence-electron chi connectivity index (χ0n) is 7.01. The lowest BCUT2D eigenvalue weighted by Gasteiger charge is -2.22. The first kappa shape index (κ1) is 10.7. The molecule has 4 nitrogen and oxygen atoms in total. The molecule has 0 atom stereocenters. The third-order valence-corrected chi connectivity index (χ3v) is 2.09. The normalized spacial score (nSPS) is 15.6. The second kappa shape index (κ2) is 3.39. The Morgan fingerprint density at radius 1 is 1.31 bits per heavy atom. The fraction of sp³-hybridized carbons (Fsp3) is 1.00. The van der Waals surface area contributed by atoms with E-state index in [0.717, 1.165) is 0 Å². The summed E-state index contributed by atoms with van der Waals surface area (Å²) < 4.78 is 78.5. The van der Waals surface area contributed by atoms with Gasteiger partial charge in [0.1, 0.15) is 0 Å². The predicted molar refractivity (Wildman–Crippen MR) is 33.1 cm³/mol. The Bertz CT molecular complexity index is 290. The summed E-state index contributed by atoms with van der Waals surface area (Å²) in [6.07, 6.45) is -1.75. The van der Waals surface area contributed by atoms with Crippen LogP contribution in [0.15, 0.2) is 0 Å². The standard InChI is InChI=1S/C4H6F4O4S/c5-3(6,1-2-9)4(7,8)13(10,11)12/h9H,1-2H2,(H,10,11,12)/i/hT. The van der Waals surface area contributed by atoms with Gasteiger partial charge in [0.05, 0.1) is 0 Å². The molecule has 0 unspecified atom stereocenters. The lowest BCUT2D eigenvalue weighted by molar-refractivity contribution is -0.168. The number of alkyl halides is 4. The molecule has 0 saturated carbocycles. The van der Waals surface area contributed by atoms with Gasteiger partial charge in [0.25, 0.3) is 0 Å². The van der Waals surface area contributed by atoms with Gasteiger partial charge < -0.3 is 5.11 Å². The molecule has 2 N–H and O–H groups in total. The van der Waals surface area contributed by atoms with E-state index in [4.69, 9.17) is 6.54 Å². The van der Waals surface area contributed by atoms with E-state index in [2.05, 4.69) is 4.56 Å². The van der Waals surface area contributed by atoms with Crippen LogP contribution in [-0.4, -0.2) is 35.9 Å². The fourth-order valence-corrected chi connectivity index (χ4v) is 0.937. The lowest BCUT2D eigenvalue weighted by atomic mass is 10.2. The molecular weight excluding hydrogens is 220 g/mol. The maximum atomic E-state index is 12.5. The number of halogens is 4. The Morgan fingerprint density at radius 2 is 1.77 bits per heavy atom. The van der Waals surface area contributed by atoms with Crippen molar-refractivity contribution in [3.63, 3.8) is 0 Å². The molecule has 0 aromatic carbocycles. The highest BCUT2D eigenvalue weighted by molar-refractivity contribution is 7.87. The molecule has 0 amide bonds. The van der Waals surface area contributed by atoms with Crippen LogP contribution < -0.4 is 0 Å². The molecule has 0 rings (SSSR count). The zero-order chi connectivity index (χ0) is 11.6. The van der Waals surface area contributed by atoms with Gasteiger partial charge in [-0.2, -0.15) is 26.0 Å². The zero-order valence-corrected chi connectivity index (χ0v) is 6.82. The van der Waals surface area contributed by atoms with Gasteiger partial charge in [-0.3, -0.25) is 4.56 Å². The van der Waals surface area contributed by atoms with Crippen molar-refractivity contribution in [1.29, 1.82) is 1.43 Å². The Hall–Kier alpha value is -0.410. The summed E-state index contributed by atoms with van der Waals surface area (Å²) >= 11 is 0. The molecule has 0 radical (unpaired) electrons. The Kier molecular flexibility index (Phi) is 2.78. The van der Waals surface area contributed by atoms with E-state index in [0.29, 0.717) is 0 Å². The highest BCUT2D eigenvalue weighted by atomic mass is 32.2. The van der Waals surface area contributed by atoms with Gasteiger partial charge in [-0.15, -0.1) is 0 Å². The SMILES string of the molecule is [3H]OS(=O)(=O)C(F)(F)C(F)(F)CCO. The van der Waals surface area contributed by atoms with Crippen molar-refractivity contribution < 1.29 is 35.6 Å². The molecule has 0 fully saturated rings. The molecule has 0 aromatic heterocycles. The molecule has 9 heteroatoms. The quantitative estimate of drug-likeness (QED) is 0.530. The van der Waals surface area contributed by atoms with E-state index in [1.54, 1.807) is 0 Å². The maximum Gasteiger partial charge on any atom is 0.431 e. The van der Waals surface area contributed by atoms with Crippen molar-refractivity contribution in [3.05, 3.63) is 0 Å². The molecule has 0 bridgehead atoms. The maximum absolute atomic E-state index is 12.5. The molecule has 0 saturated heterocycles. The van der Waals surface area contributed by atoms with E-state index < -0.39 is 34.3 Å². The summed E-state index contributed by atoms with van der Waals surface area (Å²) in [7, 11) is -6.01. The van der Waals surface area contributed by atoms with Crippen LogP contribution in [0.4, 0.5) is 17.6 Å². The molecular formula is C4H6F4O4S. The minimum Gasteiger partial charge on any atom is -0.396 e. The molecule has 0 aromatic rings. The lowest BCUT2D eigenvalue weighted by Crippen LogP contribution is -2.47.